The van der Waals surface area contributed by atoms with Crippen LogP contribution in [0.2, 0.25) is 0 Å². The molecule has 142 valence electrons. The van der Waals surface area contributed by atoms with Crippen molar-refractivity contribution in [1.29, 1.82) is 0 Å². The van der Waals surface area contributed by atoms with E-state index in [2.05, 4.69) is 10.3 Å². The van der Waals surface area contributed by atoms with E-state index in [0.717, 1.165) is 10.6 Å². The monoisotopic (exact) mass is 395 g/mol. The highest BCUT2D eigenvalue weighted by molar-refractivity contribution is 7.13. The molecule has 0 bridgehead atoms. The highest BCUT2D eigenvalue weighted by Crippen LogP contribution is 2.24. The summed E-state index contributed by atoms with van der Waals surface area (Å²) >= 11 is 1.43. The van der Waals surface area contributed by atoms with Gasteiger partial charge in [-0.15, -0.1) is 11.3 Å². The number of aromatic nitrogens is 1. The second kappa shape index (κ2) is 7.77. The first-order chi connectivity index (χ1) is 13.6. The Hall–Kier alpha value is -3.26. The van der Waals surface area contributed by atoms with E-state index in [0.29, 0.717) is 17.1 Å². The van der Waals surface area contributed by atoms with E-state index in [4.69, 9.17) is 4.42 Å². The topological polar surface area (TPSA) is 92.5 Å². The Balaban J connectivity index is 1.33. The molecule has 4 rings (SSSR count). The van der Waals surface area contributed by atoms with Crippen molar-refractivity contribution in [2.45, 2.75) is 25.8 Å². The zero-order chi connectivity index (χ0) is 19.5. The highest BCUT2D eigenvalue weighted by Gasteiger charge is 2.28. The van der Waals surface area contributed by atoms with Crippen molar-refractivity contribution >= 4 is 34.7 Å². The number of imide groups is 1. The van der Waals surface area contributed by atoms with Gasteiger partial charge in [0.05, 0.1) is 24.9 Å². The largest absolute Gasteiger partial charge is 0.462 e. The molecule has 0 saturated carbocycles. The van der Waals surface area contributed by atoms with Crippen LogP contribution in [-0.4, -0.2) is 27.6 Å². The van der Waals surface area contributed by atoms with Gasteiger partial charge in [-0.05, 0) is 29.8 Å². The van der Waals surface area contributed by atoms with Crippen molar-refractivity contribution in [3.63, 3.8) is 0 Å². The maximum atomic E-state index is 12.3. The number of amides is 3. The number of benzene rings is 1. The quantitative estimate of drug-likeness (QED) is 0.647. The van der Waals surface area contributed by atoms with Crippen LogP contribution in [0.25, 0.3) is 10.8 Å². The molecule has 1 N–H and O–H groups in total. The van der Waals surface area contributed by atoms with E-state index >= 15 is 0 Å². The van der Waals surface area contributed by atoms with Crippen molar-refractivity contribution in [1.82, 2.24) is 9.88 Å². The Labute approximate surface area is 165 Å². The summed E-state index contributed by atoms with van der Waals surface area (Å²) < 4.78 is 5.31. The third-order valence-corrected chi connectivity index (χ3v) is 5.26. The Morgan fingerprint density at radius 3 is 2.57 bits per heavy atom. The summed E-state index contributed by atoms with van der Waals surface area (Å²) in [5.41, 5.74) is 2.16. The number of thiazole rings is 1. The maximum Gasteiger partial charge on any atom is 0.230 e. The van der Waals surface area contributed by atoms with E-state index in [1.54, 1.807) is 36.6 Å². The first kappa shape index (κ1) is 18.1. The molecule has 28 heavy (non-hydrogen) atoms. The van der Waals surface area contributed by atoms with E-state index < -0.39 is 0 Å². The van der Waals surface area contributed by atoms with Gasteiger partial charge in [-0.2, -0.15) is 0 Å². The van der Waals surface area contributed by atoms with Gasteiger partial charge >= 0.3 is 0 Å². The SMILES string of the molecule is O=C(Cc1csc(-c2ccco2)n1)Nc1ccc(CN2C(=O)CCC2=O)cc1. The van der Waals surface area contributed by atoms with Crippen LogP contribution in [0.5, 0.6) is 0 Å². The van der Waals surface area contributed by atoms with Crippen LogP contribution in [0.4, 0.5) is 5.69 Å². The average Bonchev–Trinajstić information content (AvgIpc) is 3.41. The summed E-state index contributed by atoms with van der Waals surface area (Å²) in [5.74, 6) is 0.232. The minimum atomic E-state index is -0.172. The van der Waals surface area contributed by atoms with Gasteiger partial charge in [0, 0.05) is 23.9 Å². The normalized spacial score (nSPS) is 13.9. The van der Waals surface area contributed by atoms with Crippen LogP contribution in [0.15, 0.2) is 52.5 Å². The number of likely N-dealkylation sites (tertiary alicyclic amines) is 1. The fraction of sp³-hybridized carbons (Fsp3) is 0.200. The summed E-state index contributed by atoms with van der Waals surface area (Å²) in [6.07, 6.45) is 2.31. The van der Waals surface area contributed by atoms with Gasteiger partial charge in [-0.1, -0.05) is 12.1 Å². The summed E-state index contributed by atoms with van der Waals surface area (Å²) in [4.78, 5) is 41.3. The third-order valence-electron chi connectivity index (χ3n) is 4.36. The number of anilines is 1. The van der Waals surface area contributed by atoms with Crippen molar-refractivity contribution in [2.75, 3.05) is 5.32 Å². The molecule has 0 aliphatic carbocycles. The molecule has 3 heterocycles. The summed E-state index contributed by atoms with van der Waals surface area (Å²) in [6, 6.07) is 10.7. The predicted molar refractivity (Wildman–Crippen MR) is 103 cm³/mol. The molecule has 3 amide bonds. The third kappa shape index (κ3) is 4.01. The lowest BCUT2D eigenvalue weighted by Crippen LogP contribution is -2.28. The average molecular weight is 395 g/mol. The molecule has 8 heteroatoms. The van der Waals surface area contributed by atoms with Crippen molar-refractivity contribution in [3.8, 4) is 10.8 Å². The van der Waals surface area contributed by atoms with Gasteiger partial charge < -0.3 is 9.73 Å². The molecule has 0 unspecified atom stereocenters. The predicted octanol–water partition coefficient (Wildman–Crippen LogP) is 3.23. The van der Waals surface area contributed by atoms with E-state index in [1.165, 1.54) is 16.2 Å². The van der Waals surface area contributed by atoms with E-state index in [9.17, 15) is 14.4 Å². The molecular weight excluding hydrogens is 378 g/mol. The van der Waals surface area contributed by atoms with Crippen molar-refractivity contribution < 1.29 is 18.8 Å². The van der Waals surface area contributed by atoms with Crippen LogP contribution in [0.1, 0.15) is 24.1 Å². The lowest BCUT2D eigenvalue weighted by Gasteiger charge is -2.14. The second-order valence-electron chi connectivity index (χ2n) is 6.42. The number of carbonyl (C=O) groups excluding carboxylic acids is 3. The number of hydrogen-bond donors (Lipinski definition) is 1. The molecule has 2 aromatic heterocycles. The van der Waals surface area contributed by atoms with Crippen molar-refractivity contribution in [3.05, 3.63) is 59.3 Å². The molecule has 7 nitrogen and oxygen atoms in total. The first-order valence-electron chi connectivity index (χ1n) is 8.79. The first-order valence-corrected chi connectivity index (χ1v) is 9.67. The molecule has 1 fully saturated rings. The Morgan fingerprint density at radius 2 is 1.89 bits per heavy atom. The summed E-state index contributed by atoms with van der Waals surface area (Å²) in [5, 5.41) is 5.40. The van der Waals surface area contributed by atoms with E-state index in [-0.39, 0.29) is 43.5 Å². The summed E-state index contributed by atoms with van der Waals surface area (Å²) in [6.45, 7) is 0.264. The molecule has 0 radical (unpaired) electrons. The van der Waals surface area contributed by atoms with Gasteiger partial charge in [0.25, 0.3) is 0 Å². The van der Waals surface area contributed by atoms with E-state index in [1.807, 2.05) is 11.4 Å². The smallest absolute Gasteiger partial charge is 0.230 e. The molecular formula is C20H17N3O4S. The molecule has 0 spiro atoms. The van der Waals surface area contributed by atoms with Crippen LogP contribution < -0.4 is 5.32 Å². The van der Waals surface area contributed by atoms with Crippen LogP contribution in [-0.2, 0) is 27.3 Å². The molecule has 1 saturated heterocycles. The molecule has 3 aromatic rings. The fourth-order valence-corrected chi connectivity index (χ4v) is 3.73. The standard InChI is InChI=1S/C20H17N3O4S/c24-17(10-15-12-28-20(22-15)16-2-1-9-27-16)21-14-5-3-13(4-6-14)11-23-18(25)7-8-19(23)26/h1-6,9,12H,7-8,10-11H2,(H,21,24). The van der Waals surface area contributed by atoms with Gasteiger partial charge in [0.2, 0.25) is 17.7 Å². The lowest BCUT2D eigenvalue weighted by atomic mass is 10.2. The Bertz CT molecular complexity index is 993. The van der Waals surface area contributed by atoms with Crippen molar-refractivity contribution in [2.24, 2.45) is 0 Å². The number of nitrogens with one attached hydrogen (secondary N) is 1. The molecule has 1 aromatic carbocycles. The lowest BCUT2D eigenvalue weighted by molar-refractivity contribution is -0.139. The number of furan rings is 1. The molecule has 0 atom stereocenters. The fourth-order valence-electron chi connectivity index (χ4n) is 2.95. The summed E-state index contributed by atoms with van der Waals surface area (Å²) in [7, 11) is 0. The van der Waals surface area contributed by atoms with Crippen LogP contribution in [0.3, 0.4) is 0 Å². The number of carbonyl (C=O) groups is 3. The number of rotatable bonds is 6. The number of nitrogens with zero attached hydrogens (tertiary/aromatic N) is 2. The van der Waals surface area contributed by atoms with Gasteiger partial charge in [0.15, 0.2) is 10.8 Å². The zero-order valence-corrected chi connectivity index (χ0v) is 15.7. The van der Waals surface area contributed by atoms with Gasteiger partial charge in [-0.25, -0.2) is 4.98 Å². The Morgan fingerprint density at radius 1 is 1.14 bits per heavy atom. The van der Waals surface area contributed by atoms with Crippen LogP contribution >= 0.6 is 11.3 Å². The molecule has 1 aliphatic rings. The number of hydrogen-bond acceptors (Lipinski definition) is 6. The minimum Gasteiger partial charge on any atom is -0.462 e. The second-order valence-corrected chi connectivity index (χ2v) is 7.27. The minimum absolute atomic E-state index is 0.139. The molecule has 1 aliphatic heterocycles. The zero-order valence-electron chi connectivity index (χ0n) is 14.9. The van der Waals surface area contributed by atoms with Crippen LogP contribution in [0, 0.1) is 0 Å². The van der Waals surface area contributed by atoms with Gasteiger partial charge in [0.1, 0.15) is 0 Å². The Kier molecular flexibility index (Phi) is 5.03. The highest BCUT2D eigenvalue weighted by atomic mass is 32.1. The van der Waals surface area contributed by atoms with Gasteiger partial charge in [-0.3, -0.25) is 19.3 Å². The maximum absolute atomic E-state index is 12.3.